The van der Waals surface area contributed by atoms with Gasteiger partial charge in [0.05, 0.1) is 63.3 Å². The highest BCUT2D eigenvalue weighted by Crippen LogP contribution is 2.46. The van der Waals surface area contributed by atoms with Gasteiger partial charge in [0.1, 0.15) is 0 Å². The summed E-state index contributed by atoms with van der Waals surface area (Å²) < 4.78 is 73.5. The molecule has 0 aromatic carbocycles. The van der Waals surface area contributed by atoms with Crippen LogP contribution in [0, 0.1) is 5.41 Å². The number of methoxy groups -OCH3 is 2. The molecule has 11 nitrogen and oxygen atoms in total. The molecule has 3 heterocycles. The number of fused-ring (bicyclic) bond motifs is 1. The second-order valence-corrected chi connectivity index (χ2v) is 12.6. The van der Waals surface area contributed by atoms with Gasteiger partial charge in [-0.3, -0.25) is 14.7 Å². The van der Waals surface area contributed by atoms with Crippen molar-refractivity contribution >= 4 is 5.91 Å². The first kappa shape index (κ1) is 37.9. The molecule has 0 radical (unpaired) electrons. The number of hydrogen-bond acceptors (Lipinski definition) is 10. The summed E-state index contributed by atoms with van der Waals surface area (Å²) in [5, 5.41) is 10.1. The summed E-state index contributed by atoms with van der Waals surface area (Å²) in [4.78, 5) is 22.4. The number of ether oxygens (including phenoxy) is 6. The highest BCUT2D eigenvalue weighted by atomic mass is 19.4. The van der Waals surface area contributed by atoms with Crippen molar-refractivity contribution < 1.29 is 51.5 Å². The van der Waals surface area contributed by atoms with Crippen LogP contribution in [0.15, 0.2) is 12.3 Å². The molecule has 1 aliphatic carbocycles. The minimum absolute atomic E-state index is 0.0725. The molecule has 0 spiro atoms. The number of carbonyl (C=O) groups is 1. The maximum absolute atomic E-state index is 14.2. The third-order valence-electron chi connectivity index (χ3n) is 9.63. The van der Waals surface area contributed by atoms with E-state index in [2.05, 4.69) is 9.88 Å². The highest BCUT2D eigenvalue weighted by molar-refractivity contribution is 5.83. The normalized spacial score (nSPS) is 25.0. The smallest absolute Gasteiger partial charge is 0.396 e. The zero-order valence-corrected chi connectivity index (χ0v) is 27.8. The van der Waals surface area contributed by atoms with Gasteiger partial charge in [0, 0.05) is 84.1 Å². The molecule has 4 rings (SSSR count). The fraction of sp³-hybridized carbons (Fsp3) is 0.818. The number of carbonyl (C=O) groups excluding carboxylic acids is 1. The third-order valence-corrected chi connectivity index (χ3v) is 9.63. The molecular formula is C33H52F3N3O8. The van der Waals surface area contributed by atoms with Crippen LogP contribution in [0.25, 0.3) is 0 Å². The largest absolute Gasteiger partial charge is 0.417 e. The Kier molecular flexibility index (Phi) is 15.1. The van der Waals surface area contributed by atoms with Crippen LogP contribution in [0.2, 0.25) is 0 Å². The number of amides is 1. The fourth-order valence-electron chi connectivity index (χ4n) is 7.17. The minimum atomic E-state index is -4.50. The first-order valence-electron chi connectivity index (χ1n) is 16.8. The van der Waals surface area contributed by atoms with Gasteiger partial charge in [-0.1, -0.05) is 0 Å². The molecule has 1 saturated carbocycles. The Morgan fingerprint density at radius 2 is 1.83 bits per heavy atom. The van der Waals surface area contributed by atoms with E-state index in [-0.39, 0.29) is 37.2 Å². The summed E-state index contributed by atoms with van der Waals surface area (Å²) in [6, 6.07) is 1.29. The molecule has 1 aromatic heterocycles. The Balaban J connectivity index is 1.36. The Labute approximate surface area is 276 Å². The van der Waals surface area contributed by atoms with Gasteiger partial charge < -0.3 is 38.4 Å². The van der Waals surface area contributed by atoms with Gasteiger partial charge in [-0.05, 0) is 50.2 Å². The predicted octanol–water partition coefficient (Wildman–Crippen LogP) is 3.10. The SMILES string of the molecule is COCCOCCOCCOCCCN(C1CC[C@](CCO)(C(=O)N2CCc3ncc(C(F)(F)F)cc3C2)C1)[C@H]1CCOC[C@H]1OC. The lowest BCUT2D eigenvalue weighted by Gasteiger charge is -2.43. The highest BCUT2D eigenvalue weighted by Gasteiger charge is 2.50. The van der Waals surface area contributed by atoms with E-state index in [1.54, 1.807) is 19.1 Å². The molecule has 14 heteroatoms. The number of alkyl halides is 3. The molecule has 1 aromatic rings. The number of aliphatic hydroxyl groups excluding tert-OH is 1. The number of nitrogens with zero attached hydrogens (tertiary/aromatic N) is 3. The second kappa shape index (κ2) is 18.7. The first-order chi connectivity index (χ1) is 22.7. The molecule has 2 fully saturated rings. The molecule has 3 aliphatic rings. The van der Waals surface area contributed by atoms with Gasteiger partial charge in [-0.15, -0.1) is 0 Å². The van der Waals surface area contributed by atoms with Crippen molar-refractivity contribution in [2.45, 2.75) is 75.9 Å². The number of pyridine rings is 1. The van der Waals surface area contributed by atoms with Crippen LogP contribution in [0.1, 0.15) is 55.3 Å². The van der Waals surface area contributed by atoms with Crippen LogP contribution in [0.5, 0.6) is 0 Å². The van der Waals surface area contributed by atoms with Crippen LogP contribution in [0.3, 0.4) is 0 Å². The molecule has 47 heavy (non-hydrogen) atoms. The molecule has 1 N–H and O–H groups in total. The Bertz CT molecular complexity index is 1100. The van der Waals surface area contributed by atoms with Crippen molar-refractivity contribution in [1.29, 1.82) is 0 Å². The minimum Gasteiger partial charge on any atom is -0.396 e. The van der Waals surface area contributed by atoms with Crippen molar-refractivity contribution in [3.05, 3.63) is 29.1 Å². The van der Waals surface area contributed by atoms with E-state index in [1.807, 2.05) is 0 Å². The van der Waals surface area contributed by atoms with Crippen LogP contribution in [-0.2, 0) is 52.4 Å². The quantitative estimate of drug-likeness (QED) is 0.220. The lowest BCUT2D eigenvalue weighted by molar-refractivity contribution is -0.144. The molecule has 1 amide bonds. The molecule has 0 bridgehead atoms. The van der Waals surface area contributed by atoms with E-state index < -0.39 is 17.2 Å². The van der Waals surface area contributed by atoms with Crippen molar-refractivity contribution in [3.8, 4) is 0 Å². The van der Waals surface area contributed by atoms with E-state index >= 15 is 0 Å². The van der Waals surface area contributed by atoms with Gasteiger partial charge in [-0.2, -0.15) is 13.2 Å². The standard InChI is InChI=1S/C33H52F3N3O8/c1-42-14-15-45-18-19-46-17-16-44-12-3-9-39(29-6-13-47-24-30(29)43-2)27-4-7-32(21-27,8-11-40)31(41)38-10-5-28-25(23-38)20-26(22-37-28)33(34,35)36/h20,22,27,29-30,40H,3-19,21,23-24H2,1-2H3/t27?,29-,30+,32+/m0/s1. The fourth-order valence-corrected chi connectivity index (χ4v) is 7.17. The summed E-state index contributed by atoms with van der Waals surface area (Å²) in [5.41, 5.74) is -0.574. The lowest BCUT2D eigenvalue weighted by atomic mass is 9.80. The van der Waals surface area contributed by atoms with Crippen LogP contribution in [0.4, 0.5) is 13.2 Å². The summed E-state index contributed by atoms with van der Waals surface area (Å²) in [5.74, 6) is -0.0974. The average Bonchev–Trinajstić information content (AvgIpc) is 3.50. The number of halogens is 3. The molecule has 268 valence electrons. The zero-order valence-electron chi connectivity index (χ0n) is 27.8. The molecule has 1 saturated heterocycles. The average molecular weight is 676 g/mol. The third kappa shape index (κ3) is 10.5. The maximum Gasteiger partial charge on any atom is 0.417 e. The van der Waals surface area contributed by atoms with E-state index in [4.69, 9.17) is 28.4 Å². The summed E-state index contributed by atoms with van der Waals surface area (Å²) in [7, 11) is 3.32. The van der Waals surface area contributed by atoms with Crippen molar-refractivity contribution in [2.75, 3.05) is 93.4 Å². The van der Waals surface area contributed by atoms with Gasteiger partial charge in [0.2, 0.25) is 5.91 Å². The second-order valence-electron chi connectivity index (χ2n) is 12.6. The zero-order chi connectivity index (χ0) is 33.7. The van der Waals surface area contributed by atoms with Gasteiger partial charge in [0.25, 0.3) is 0 Å². The molecule has 4 atom stereocenters. The van der Waals surface area contributed by atoms with E-state index in [0.29, 0.717) is 103 Å². The number of hydrogen-bond donors (Lipinski definition) is 1. The van der Waals surface area contributed by atoms with E-state index in [9.17, 15) is 23.1 Å². The van der Waals surface area contributed by atoms with Crippen LogP contribution in [-0.4, -0.2) is 137 Å². The van der Waals surface area contributed by atoms with Crippen molar-refractivity contribution in [1.82, 2.24) is 14.8 Å². The number of rotatable bonds is 19. The molecule has 2 aliphatic heterocycles. The lowest BCUT2D eigenvalue weighted by Crippen LogP contribution is -2.54. The Morgan fingerprint density at radius 1 is 1.11 bits per heavy atom. The summed E-state index contributed by atoms with van der Waals surface area (Å²) in [6.07, 6.45) is 0.468. The van der Waals surface area contributed by atoms with Crippen molar-refractivity contribution in [3.63, 3.8) is 0 Å². The maximum atomic E-state index is 14.2. The van der Waals surface area contributed by atoms with Crippen molar-refractivity contribution in [2.24, 2.45) is 5.41 Å². The predicted molar refractivity (Wildman–Crippen MR) is 166 cm³/mol. The van der Waals surface area contributed by atoms with Crippen LogP contribution >= 0.6 is 0 Å². The monoisotopic (exact) mass is 675 g/mol. The Morgan fingerprint density at radius 3 is 2.51 bits per heavy atom. The van der Waals surface area contributed by atoms with Gasteiger partial charge in [0.15, 0.2) is 0 Å². The number of aromatic nitrogens is 1. The molecular weight excluding hydrogens is 623 g/mol. The molecule has 1 unspecified atom stereocenters. The number of aliphatic hydroxyl groups is 1. The summed E-state index contributed by atoms with van der Waals surface area (Å²) >= 11 is 0. The Hall–Kier alpha value is -1.91. The summed E-state index contributed by atoms with van der Waals surface area (Å²) in [6.45, 7) is 5.80. The first-order valence-corrected chi connectivity index (χ1v) is 16.8. The van der Waals surface area contributed by atoms with Crippen LogP contribution < -0.4 is 0 Å². The van der Waals surface area contributed by atoms with E-state index in [1.165, 1.54) is 0 Å². The van der Waals surface area contributed by atoms with E-state index in [0.717, 1.165) is 38.1 Å². The van der Waals surface area contributed by atoms with Gasteiger partial charge >= 0.3 is 6.18 Å². The topological polar surface area (TPSA) is 112 Å². The van der Waals surface area contributed by atoms with Gasteiger partial charge in [-0.25, -0.2) is 0 Å².